The Morgan fingerprint density at radius 1 is 1.30 bits per heavy atom. The number of benzene rings is 1. The first-order chi connectivity index (χ1) is 14.5. The van der Waals surface area contributed by atoms with E-state index in [0.29, 0.717) is 23.7 Å². The Balaban J connectivity index is 1.42. The van der Waals surface area contributed by atoms with Gasteiger partial charge in [0.15, 0.2) is 0 Å². The topological polar surface area (TPSA) is 78.7 Å². The molecule has 2 aromatic heterocycles. The van der Waals surface area contributed by atoms with Crippen molar-refractivity contribution in [2.24, 2.45) is 5.92 Å². The lowest BCUT2D eigenvalue weighted by molar-refractivity contribution is -0.115. The zero-order chi connectivity index (χ0) is 21.1. The number of carbonyl (C=O) groups excluding carboxylic acids is 1. The molecule has 1 aromatic carbocycles. The van der Waals surface area contributed by atoms with Crippen molar-refractivity contribution < 1.29 is 4.79 Å². The molecular formula is C24H24N4OS. The van der Waals surface area contributed by atoms with Gasteiger partial charge < -0.3 is 5.32 Å². The number of nitriles is 1. The molecule has 152 valence electrons. The minimum Gasteiger partial charge on any atom is -0.325 e. The molecule has 5 nitrogen and oxygen atoms in total. The highest BCUT2D eigenvalue weighted by atomic mass is 32.2. The van der Waals surface area contributed by atoms with Crippen LogP contribution in [0.5, 0.6) is 0 Å². The number of para-hydroxylation sites is 1. The number of nitrogens with one attached hydrogen (secondary N) is 1. The van der Waals surface area contributed by atoms with Crippen LogP contribution < -0.4 is 5.32 Å². The fourth-order valence-corrected chi connectivity index (χ4v) is 4.80. The summed E-state index contributed by atoms with van der Waals surface area (Å²) in [6.45, 7) is 4.16. The van der Waals surface area contributed by atoms with Crippen LogP contribution in [-0.4, -0.2) is 21.6 Å². The largest absolute Gasteiger partial charge is 0.325 e. The van der Waals surface area contributed by atoms with Crippen molar-refractivity contribution >= 4 is 34.3 Å². The average molecular weight is 417 g/mol. The van der Waals surface area contributed by atoms with Crippen LogP contribution in [0.4, 0.5) is 5.69 Å². The number of amides is 1. The van der Waals surface area contributed by atoms with E-state index in [-0.39, 0.29) is 5.91 Å². The van der Waals surface area contributed by atoms with Crippen LogP contribution in [0, 0.1) is 24.2 Å². The summed E-state index contributed by atoms with van der Waals surface area (Å²) < 4.78 is 0. The van der Waals surface area contributed by atoms with Crippen LogP contribution >= 0.6 is 11.8 Å². The van der Waals surface area contributed by atoms with Gasteiger partial charge in [-0.2, -0.15) is 5.26 Å². The zero-order valence-corrected chi connectivity index (χ0v) is 18.1. The standard InChI is InChI=1S/C24H24N4OS/c1-15-7-8-20-17(11-15)13-18(14-25)24(28-20)30-10-9-23(29)27-22-12-16(2)26-21-6-4-3-5-19(21)22/h3-6,12-13,15H,7-11H2,1-2H3,(H,26,27,29). The third kappa shape index (κ3) is 4.47. The van der Waals surface area contributed by atoms with Gasteiger partial charge in [-0.15, -0.1) is 11.8 Å². The molecule has 1 amide bonds. The minimum atomic E-state index is -0.0523. The molecule has 6 heteroatoms. The molecule has 0 saturated heterocycles. The van der Waals surface area contributed by atoms with Crippen LogP contribution in [0.25, 0.3) is 10.9 Å². The number of thioether (sulfide) groups is 1. The van der Waals surface area contributed by atoms with Crippen LogP contribution in [0.15, 0.2) is 41.4 Å². The Kier molecular flexibility index (Phi) is 6.01. The first-order valence-corrected chi connectivity index (χ1v) is 11.2. The van der Waals surface area contributed by atoms with Gasteiger partial charge in [0.05, 0.1) is 16.8 Å². The highest BCUT2D eigenvalue weighted by Crippen LogP contribution is 2.30. The first kappa shape index (κ1) is 20.4. The van der Waals surface area contributed by atoms with Crippen molar-refractivity contribution in [3.8, 4) is 6.07 Å². The normalized spacial score (nSPS) is 15.4. The molecule has 0 aliphatic heterocycles. The molecule has 30 heavy (non-hydrogen) atoms. The van der Waals surface area contributed by atoms with Gasteiger partial charge >= 0.3 is 0 Å². The predicted molar refractivity (Wildman–Crippen MR) is 121 cm³/mol. The van der Waals surface area contributed by atoms with Gasteiger partial charge in [0.2, 0.25) is 5.91 Å². The smallest absolute Gasteiger partial charge is 0.225 e. The molecule has 1 unspecified atom stereocenters. The number of hydrogen-bond donors (Lipinski definition) is 1. The summed E-state index contributed by atoms with van der Waals surface area (Å²) in [6, 6.07) is 13.9. The second-order valence-corrected chi connectivity index (χ2v) is 8.97. The van der Waals surface area contributed by atoms with Gasteiger partial charge in [-0.25, -0.2) is 4.98 Å². The number of carbonyl (C=O) groups is 1. The molecule has 0 saturated carbocycles. The molecule has 1 aliphatic rings. The average Bonchev–Trinajstić information content (AvgIpc) is 2.73. The molecule has 0 radical (unpaired) electrons. The summed E-state index contributed by atoms with van der Waals surface area (Å²) in [6.07, 6.45) is 3.44. The van der Waals surface area contributed by atoms with Gasteiger partial charge in [-0.1, -0.05) is 25.1 Å². The Hall–Kier alpha value is -2.91. The quantitative estimate of drug-likeness (QED) is 0.589. The highest BCUT2D eigenvalue weighted by Gasteiger charge is 2.19. The number of aromatic nitrogens is 2. The lowest BCUT2D eigenvalue weighted by atomic mass is 9.87. The summed E-state index contributed by atoms with van der Waals surface area (Å²) in [7, 11) is 0. The van der Waals surface area contributed by atoms with E-state index < -0.39 is 0 Å². The lowest BCUT2D eigenvalue weighted by Gasteiger charge is -2.21. The van der Waals surface area contributed by atoms with Crippen molar-refractivity contribution in [2.45, 2.75) is 44.6 Å². The molecule has 4 rings (SSSR count). The maximum Gasteiger partial charge on any atom is 0.225 e. The van der Waals surface area contributed by atoms with E-state index in [0.717, 1.165) is 52.3 Å². The second-order valence-electron chi connectivity index (χ2n) is 7.88. The van der Waals surface area contributed by atoms with Crippen molar-refractivity contribution in [1.82, 2.24) is 9.97 Å². The maximum absolute atomic E-state index is 12.6. The van der Waals surface area contributed by atoms with Crippen molar-refractivity contribution in [2.75, 3.05) is 11.1 Å². The number of aryl methyl sites for hydroxylation is 2. The monoisotopic (exact) mass is 416 g/mol. The van der Waals surface area contributed by atoms with Crippen LogP contribution in [-0.2, 0) is 17.6 Å². The summed E-state index contributed by atoms with van der Waals surface area (Å²) in [5.74, 6) is 1.16. The predicted octanol–water partition coefficient (Wildman–Crippen LogP) is 5.06. The van der Waals surface area contributed by atoms with Crippen LogP contribution in [0.2, 0.25) is 0 Å². The molecule has 0 spiro atoms. The lowest BCUT2D eigenvalue weighted by Crippen LogP contribution is -2.14. The third-order valence-corrected chi connectivity index (χ3v) is 6.40. The van der Waals surface area contributed by atoms with E-state index in [1.54, 1.807) is 0 Å². The Morgan fingerprint density at radius 3 is 2.97 bits per heavy atom. The van der Waals surface area contributed by atoms with Crippen molar-refractivity contribution in [3.63, 3.8) is 0 Å². The summed E-state index contributed by atoms with van der Waals surface area (Å²) in [5, 5.41) is 14.2. The van der Waals surface area contributed by atoms with Crippen molar-refractivity contribution in [3.05, 3.63) is 58.9 Å². The van der Waals surface area contributed by atoms with E-state index in [4.69, 9.17) is 4.98 Å². The SMILES string of the molecule is Cc1cc(NC(=O)CCSc2nc3c(cc2C#N)CC(C)CC3)c2ccccc2n1. The maximum atomic E-state index is 12.6. The van der Waals surface area contributed by atoms with Crippen LogP contribution in [0.3, 0.4) is 0 Å². The van der Waals surface area contributed by atoms with Gasteiger partial charge in [-0.3, -0.25) is 9.78 Å². The fraction of sp³-hybridized carbons (Fsp3) is 0.333. The molecule has 2 heterocycles. The molecule has 1 aliphatic carbocycles. The van der Waals surface area contributed by atoms with Gasteiger partial charge in [0, 0.05) is 28.9 Å². The first-order valence-electron chi connectivity index (χ1n) is 10.3. The molecular weight excluding hydrogens is 392 g/mol. The van der Waals surface area contributed by atoms with Crippen LogP contribution in [0.1, 0.15) is 42.3 Å². The number of rotatable bonds is 5. The number of fused-ring (bicyclic) bond motifs is 2. The zero-order valence-electron chi connectivity index (χ0n) is 17.2. The Bertz CT molecular complexity index is 1150. The molecule has 1 atom stereocenters. The van der Waals surface area contributed by atoms with E-state index >= 15 is 0 Å². The Morgan fingerprint density at radius 2 is 2.13 bits per heavy atom. The number of pyridine rings is 2. The van der Waals surface area contributed by atoms with E-state index in [1.807, 2.05) is 43.3 Å². The van der Waals surface area contributed by atoms with E-state index in [9.17, 15) is 10.1 Å². The van der Waals surface area contributed by atoms with E-state index in [2.05, 4.69) is 23.3 Å². The number of nitrogens with zero attached hydrogens (tertiary/aromatic N) is 3. The molecule has 0 bridgehead atoms. The molecule has 1 N–H and O–H groups in total. The van der Waals surface area contributed by atoms with Crippen molar-refractivity contribution in [1.29, 1.82) is 5.26 Å². The number of anilines is 1. The van der Waals surface area contributed by atoms with E-state index in [1.165, 1.54) is 17.3 Å². The molecule has 3 aromatic rings. The third-order valence-electron chi connectivity index (χ3n) is 5.41. The highest BCUT2D eigenvalue weighted by molar-refractivity contribution is 7.99. The fourth-order valence-electron chi connectivity index (χ4n) is 3.88. The summed E-state index contributed by atoms with van der Waals surface area (Å²) >= 11 is 1.48. The second kappa shape index (κ2) is 8.85. The summed E-state index contributed by atoms with van der Waals surface area (Å²) in [4.78, 5) is 21.8. The van der Waals surface area contributed by atoms with Gasteiger partial charge in [-0.05, 0) is 55.9 Å². The Labute approximate surface area is 180 Å². The number of hydrogen-bond acceptors (Lipinski definition) is 5. The molecule has 0 fully saturated rings. The summed E-state index contributed by atoms with van der Waals surface area (Å²) in [5.41, 5.74) is 5.44. The minimum absolute atomic E-state index is 0.0523. The van der Waals surface area contributed by atoms with Gasteiger partial charge in [0.25, 0.3) is 0 Å². The van der Waals surface area contributed by atoms with Gasteiger partial charge in [0.1, 0.15) is 11.1 Å².